The fourth-order valence-corrected chi connectivity index (χ4v) is 3.91. The van der Waals surface area contributed by atoms with Crippen LogP contribution >= 0.6 is 15.9 Å². The number of piperidine rings is 1. The van der Waals surface area contributed by atoms with Crippen molar-refractivity contribution < 1.29 is 4.79 Å². The SMILES string of the molecule is CCNC(=NCCC(=O)N1CCCC(C)C1)N(C)Cc1cc(Br)cn1C. The Morgan fingerprint density at radius 2 is 2.27 bits per heavy atom. The predicted octanol–water partition coefficient (Wildman–Crippen LogP) is 2.83. The van der Waals surface area contributed by atoms with Crippen molar-refractivity contribution in [2.75, 3.05) is 33.2 Å². The van der Waals surface area contributed by atoms with Gasteiger partial charge in [0.05, 0.1) is 13.1 Å². The molecule has 0 aromatic carbocycles. The number of aryl methyl sites for hydroxylation is 1. The van der Waals surface area contributed by atoms with Crippen LogP contribution in [0.5, 0.6) is 0 Å². The highest BCUT2D eigenvalue weighted by molar-refractivity contribution is 9.10. The number of nitrogens with zero attached hydrogens (tertiary/aromatic N) is 4. The van der Waals surface area contributed by atoms with Crippen molar-refractivity contribution in [3.05, 3.63) is 22.4 Å². The van der Waals surface area contributed by atoms with Gasteiger partial charge in [-0.05, 0) is 47.7 Å². The molecule has 2 heterocycles. The molecule has 7 heteroatoms. The first-order valence-electron chi connectivity index (χ1n) is 9.48. The number of carbonyl (C=O) groups is 1. The maximum atomic E-state index is 12.4. The normalized spacial score (nSPS) is 18.1. The Bertz CT molecular complexity index is 627. The van der Waals surface area contributed by atoms with Crippen LogP contribution in [-0.2, 0) is 18.4 Å². The van der Waals surface area contributed by atoms with Crippen molar-refractivity contribution in [2.24, 2.45) is 18.0 Å². The molecule has 0 aliphatic carbocycles. The Morgan fingerprint density at radius 3 is 2.88 bits per heavy atom. The minimum atomic E-state index is 0.227. The monoisotopic (exact) mass is 425 g/mol. The number of hydrogen-bond donors (Lipinski definition) is 1. The third-order valence-electron chi connectivity index (χ3n) is 4.77. The van der Waals surface area contributed by atoms with Gasteiger partial charge in [0.1, 0.15) is 0 Å². The number of carbonyl (C=O) groups excluding carboxylic acids is 1. The van der Waals surface area contributed by atoms with E-state index >= 15 is 0 Å². The summed E-state index contributed by atoms with van der Waals surface area (Å²) >= 11 is 3.51. The molecule has 2 rings (SSSR count). The highest BCUT2D eigenvalue weighted by Gasteiger charge is 2.20. The first-order chi connectivity index (χ1) is 12.4. The number of aliphatic imine (C=N–C) groups is 1. The first-order valence-corrected chi connectivity index (χ1v) is 10.3. The number of amides is 1. The minimum Gasteiger partial charge on any atom is -0.357 e. The maximum absolute atomic E-state index is 12.4. The lowest BCUT2D eigenvalue weighted by atomic mass is 10.00. The largest absolute Gasteiger partial charge is 0.357 e. The molecule has 6 nitrogen and oxygen atoms in total. The second-order valence-corrected chi connectivity index (χ2v) is 8.11. The molecule has 1 atom stereocenters. The van der Waals surface area contributed by atoms with Crippen molar-refractivity contribution in [1.29, 1.82) is 0 Å². The van der Waals surface area contributed by atoms with Crippen LogP contribution in [-0.4, -0.2) is 59.5 Å². The molecule has 146 valence electrons. The van der Waals surface area contributed by atoms with Crippen molar-refractivity contribution in [3.63, 3.8) is 0 Å². The van der Waals surface area contributed by atoms with E-state index in [1.165, 1.54) is 12.1 Å². The highest BCUT2D eigenvalue weighted by Crippen LogP contribution is 2.16. The van der Waals surface area contributed by atoms with Gasteiger partial charge in [-0.1, -0.05) is 6.92 Å². The lowest BCUT2D eigenvalue weighted by molar-refractivity contribution is -0.132. The zero-order valence-electron chi connectivity index (χ0n) is 16.5. The van der Waals surface area contributed by atoms with Crippen LogP contribution in [0.25, 0.3) is 0 Å². The zero-order valence-corrected chi connectivity index (χ0v) is 18.0. The number of rotatable bonds is 6. The van der Waals surface area contributed by atoms with Crippen LogP contribution in [0.3, 0.4) is 0 Å². The van der Waals surface area contributed by atoms with Crippen LogP contribution in [0.15, 0.2) is 21.7 Å². The number of hydrogen-bond acceptors (Lipinski definition) is 2. The number of guanidine groups is 1. The van der Waals surface area contributed by atoms with Crippen molar-refractivity contribution >= 4 is 27.8 Å². The van der Waals surface area contributed by atoms with Crippen LogP contribution in [0.2, 0.25) is 0 Å². The quantitative estimate of drug-likeness (QED) is 0.562. The Hall–Kier alpha value is -1.50. The van der Waals surface area contributed by atoms with Gasteiger partial charge in [0.2, 0.25) is 5.91 Å². The summed E-state index contributed by atoms with van der Waals surface area (Å²) in [6.45, 7) is 8.15. The topological polar surface area (TPSA) is 52.9 Å². The molecule has 1 saturated heterocycles. The van der Waals surface area contributed by atoms with Gasteiger partial charge in [0.15, 0.2) is 5.96 Å². The highest BCUT2D eigenvalue weighted by atomic mass is 79.9. The van der Waals surface area contributed by atoms with Gasteiger partial charge >= 0.3 is 0 Å². The number of nitrogens with one attached hydrogen (secondary N) is 1. The minimum absolute atomic E-state index is 0.227. The van der Waals surface area contributed by atoms with E-state index in [0.717, 1.165) is 43.0 Å². The summed E-state index contributed by atoms with van der Waals surface area (Å²) in [5, 5.41) is 3.32. The van der Waals surface area contributed by atoms with Crippen molar-refractivity contribution in [3.8, 4) is 0 Å². The standard InChI is InChI=1S/C19H32BrN5O/c1-5-21-19(24(4)14-17-11-16(20)13-23(17)3)22-9-8-18(26)25-10-6-7-15(2)12-25/h11,13,15H,5-10,12,14H2,1-4H3,(H,21,22). The van der Waals surface area contributed by atoms with E-state index in [-0.39, 0.29) is 5.91 Å². The summed E-state index contributed by atoms with van der Waals surface area (Å²) in [6.07, 6.45) is 4.87. The fraction of sp³-hybridized carbons (Fsp3) is 0.684. The van der Waals surface area contributed by atoms with Gasteiger partial charge in [-0.3, -0.25) is 9.79 Å². The van der Waals surface area contributed by atoms with Crippen LogP contribution in [0.1, 0.15) is 38.8 Å². The summed E-state index contributed by atoms with van der Waals surface area (Å²) in [5.74, 6) is 1.68. The lowest BCUT2D eigenvalue weighted by Crippen LogP contribution is -2.40. The molecule has 1 amide bonds. The number of likely N-dealkylation sites (tertiary alicyclic amines) is 1. The van der Waals surface area contributed by atoms with E-state index in [1.807, 2.05) is 25.2 Å². The summed E-state index contributed by atoms with van der Waals surface area (Å²) in [6, 6.07) is 2.11. The number of halogens is 1. The van der Waals surface area contributed by atoms with Gasteiger partial charge in [-0.15, -0.1) is 0 Å². The van der Waals surface area contributed by atoms with Gasteiger partial charge in [-0.25, -0.2) is 0 Å². The summed E-state index contributed by atoms with van der Waals surface area (Å²) in [4.78, 5) is 21.2. The predicted molar refractivity (Wildman–Crippen MR) is 110 cm³/mol. The molecular weight excluding hydrogens is 394 g/mol. The summed E-state index contributed by atoms with van der Waals surface area (Å²) < 4.78 is 3.18. The smallest absolute Gasteiger partial charge is 0.224 e. The molecule has 1 unspecified atom stereocenters. The molecule has 1 N–H and O–H groups in total. The third kappa shape index (κ3) is 6.04. The van der Waals surface area contributed by atoms with Gasteiger partial charge in [0.25, 0.3) is 0 Å². The van der Waals surface area contributed by atoms with E-state index in [1.54, 1.807) is 0 Å². The second-order valence-electron chi connectivity index (χ2n) is 7.19. The van der Waals surface area contributed by atoms with E-state index in [0.29, 0.717) is 18.9 Å². The van der Waals surface area contributed by atoms with Crippen molar-refractivity contribution in [2.45, 2.75) is 39.7 Å². The van der Waals surface area contributed by atoms with E-state index in [2.05, 4.69) is 55.6 Å². The number of aromatic nitrogens is 1. The molecule has 1 aliphatic rings. The maximum Gasteiger partial charge on any atom is 0.224 e. The molecule has 1 aliphatic heterocycles. The summed E-state index contributed by atoms with van der Waals surface area (Å²) in [5.41, 5.74) is 1.20. The molecule has 0 bridgehead atoms. The molecule has 26 heavy (non-hydrogen) atoms. The van der Waals surface area contributed by atoms with Crippen molar-refractivity contribution in [1.82, 2.24) is 19.7 Å². The van der Waals surface area contributed by atoms with Gasteiger partial charge in [-0.2, -0.15) is 0 Å². The van der Waals surface area contributed by atoms with E-state index < -0.39 is 0 Å². The zero-order chi connectivity index (χ0) is 19.1. The molecule has 0 saturated carbocycles. The van der Waals surface area contributed by atoms with Gasteiger partial charge in [0, 0.05) is 56.5 Å². The van der Waals surface area contributed by atoms with Gasteiger partial charge < -0.3 is 19.7 Å². The average Bonchev–Trinajstić information content (AvgIpc) is 2.91. The van der Waals surface area contributed by atoms with Crippen LogP contribution in [0, 0.1) is 5.92 Å². The average molecular weight is 426 g/mol. The lowest BCUT2D eigenvalue weighted by Gasteiger charge is -2.31. The van der Waals surface area contributed by atoms with Crippen LogP contribution in [0.4, 0.5) is 0 Å². The Kier molecular flexibility index (Phi) is 8.00. The molecular formula is C19H32BrN5O. The Morgan fingerprint density at radius 1 is 1.50 bits per heavy atom. The fourth-order valence-electron chi connectivity index (χ4n) is 3.34. The molecule has 0 radical (unpaired) electrons. The molecule has 1 fully saturated rings. The van der Waals surface area contributed by atoms with E-state index in [4.69, 9.17) is 0 Å². The third-order valence-corrected chi connectivity index (χ3v) is 5.20. The molecule has 0 spiro atoms. The molecule has 1 aromatic heterocycles. The first kappa shape index (κ1) is 20.8. The molecule has 1 aromatic rings. The van der Waals surface area contributed by atoms with E-state index in [9.17, 15) is 4.79 Å². The summed E-state index contributed by atoms with van der Waals surface area (Å²) in [7, 11) is 4.06. The Labute approximate surface area is 165 Å². The Balaban J connectivity index is 1.90. The second kappa shape index (κ2) is 10.00. The van der Waals surface area contributed by atoms with Crippen LogP contribution < -0.4 is 5.32 Å².